The van der Waals surface area contributed by atoms with Crippen LogP contribution in [0.25, 0.3) is 5.69 Å². The SMILES string of the molecule is O=C(COC(=O)c1ccccc1-n1cnnn1)c1ccc(Cl)c(Cl)c1. The number of ketones is 1. The summed E-state index contributed by atoms with van der Waals surface area (Å²) in [4.78, 5) is 24.5. The number of para-hydroxylation sites is 1. The van der Waals surface area contributed by atoms with Gasteiger partial charge >= 0.3 is 5.97 Å². The number of hydrogen-bond acceptors (Lipinski definition) is 6. The molecule has 9 heteroatoms. The van der Waals surface area contributed by atoms with E-state index in [1.165, 1.54) is 29.2 Å². The summed E-state index contributed by atoms with van der Waals surface area (Å²) in [5.74, 6) is -1.06. The molecule has 0 unspecified atom stereocenters. The molecule has 0 aliphatic heterocycles. The first-order valence-electron chi connectivity index (χ1n) is 7.04. The molecule has 126 valence electrons. The minimum atomic E-state index is -0.667. The van der Waals surface area contributed by atoms with Gasteiger partial charge in [-0.3, -0.25) is 4.79 Å². The first kappa shape index (κ1) is 17.1. The number of ether oxygens (including phenoxy) is 1. The van der Waals surface area contributed by atoms with Gasteiger partial charge < -0.3 is 4.74 Å². The molecule has 0 bridgehead atoms. The zero-order chi connectivity index (χ0) is 17.8. The average Bonchev–Trinajstić information content (AvgIpc) is 3.16. The number of nitrogens with zero attached hydrogens (tertiary/aromatic N) is 4. The lowest BCUT2D eigenvalue weighted by Gasteiger charge is -2.08. The summed E-state index contributed by atoms with van der Waals surface area (Å²) < 4.78 is 6.44. The number of carbonyl (C=O) groups excluding carboxylic acids is 2. The van der Waals surface area contributed by atoms with Crippen LogP contribution in [-0.2, 0) is 4.74 Å². The van der Waals surface area contributed by atoms with Crippen molar-refractivity contribution in [2.45, 2.75) is 0 Å². The molecule has 0 aliphatic carbocycles. The molecule has 3 rings (SSSR count). The van der Waals surface area contributed by atoms with Crippen LogP contribution in [0.15, 0.2) is 48.8 Å². The number of rotatable bonds is 5. The molecule has 0 spiro atoms. The Labute approximate surface area is 152 Å². The molecule has 0 radical (unpaired) electrons. The number of benzene rings is 2. The molecule has 0 N–H and O–H groups in total. The van der Waals surface area contributed by atoms with Crippen LogP contribution in [0.5, 0.6) is 0 Å². The second kappa shape index (κ2) is 7.42. The van der Waals surface area contributed by atoms with Crippen LogP contribution in [0.2, 0.25) is 10.0 Å². The van der Waals surface area contributed by atoms with Gasteiger partial charge in [0.2, 0.25) is 0 Å². The van der Waals surface area contributed by atoms with E-state index in [0.717, 1.165) is 0 Å². The van der Waals surface area contributed by atoms with Crippen LogP contribution in [0.4, 0.5) is 0 Å². The zero-order valence-electron chi connectivity index (χ0n) is 12.6. The fourth-order valence-corrected chi connectivity index (χ4v) is 2.38. The fraction of sp³-hybridized carbons (Fsp3) is 0.0625. The second-order valence-corrected chi connectivity index (χ2v) is 5.71. The highest BCUT2D eigenvalue weighted by Crippen LogP contribution is 2.23. The van der Waals surface area contributed by atoms with Gasteiger partial charge in [-0.1, -0.05) is 35.3 Å². The van der Waals surface area contributed by atoms with Crippen molar-refractivity contribution < 1.29 is 14.3 Å². The standard InChI is InChI=1S/C16H10Cl2N4O3/c17-12-6-5-10(7-13(12)18)15(23)8-25-16(24)11-3-1-2-4-14(11)22-9-19-20-21-22/h1-7,9H,8H2. The molecule has 0 amide bonds. The van der Waals surface area contributed by atoms with Gasteiger partial charge in [0.05, 0.1) is 21.3 Å². The summed E-state index contributed by atoms with van der Waals surface area (Å²) in [6, 6.07) is 11.1. The molecule has 1 aromatic heterocycles. The molecule has 3 aromatic rings. The molecule has 0 fully saturated rings. The number of tetrazole rings is 1. The lowest BCUT2D eigenvalue weighted by molar-refractivity contribution is 0.0474. The highest BCUT2D eigenvalue weighted by molar-refractivity contribution is 6.42. The Morgan fingerprint density at radius 1 is 1.08 bits per heavy atom. The van der Waals surface area contributed by atoms with Crippen molar-refractivity contribution >= 4 is 35.0 Å². The molecule has 0 saturated carbocycles. The monoisotopic (exact) mass is 376 g/mol. The lowest BCUT2D eigenvalue weighted by Crippen LogP contribution is -2.16. The fourth-order valence-electron chi connectivity index (χ4n) is 2.08. The average molecular weight is 377 g/mol. The van der Waals surface area contributed by atoms with Crippen LogP contribution in [0.1, 0.15) is 20.7 Å². The third-order valence-electron chi connectivity index (χ3n) is 3.30. The smallest absolute Gasteiger partial charge is 0.340 e. The van der Waals surface area contributed by atoms with Crippen molar-refractivity contribution in [3.8, 4) is 5.69 Å². The molecule has 2 aromatic carbocycles. The molecule has 25 heavy (non-hydrogen) atoms. The Morgan fingerprint density at radius 3 is 2.60 bits per heavy atom. The van der Waals surface area contributed by atoms with Crippen LogP contribution in [0.3, 0.4) is 0 Å². The quantitative estimate of drug-likeness (QED) is 0.502. The summed E-state index contributed by atoms with van der Waals surface area (Å²) in [5, 5.41) is 11.4. The van der Waals surface area contributed by atoms with Crippen molar-refractivity contribution in [2.24, 2.45) is 0 Å². The Balaban J connectivity index is 1.73. The van der Waals surface area contributed by atoms with E-state index in [4.69, 9.17) is 27.9 Å². The maximum absolute atomic E-state index is 12.3. The minimum Gasteiger partial charge on any atom is -0.454 e. The van der Waals surface area contributed by atoms with Crippen LogP contribution < -0.4 is 0 Å². The Bertz CT molecular complexity index is 929. The van der Waals surface area contributed by atoms with Crippen molar-refractivity contribution in [2.75, 3.05) is 6.61 Å². The Morgan fingerprint density at radius 2 is 1.88 bits per heavy atom. The van der Waals surface area contributed by atoms with E-state index in [-0.39, 0.29) is 10.6 Å². The maximum Gasteiger partial charge on any atom is 0.340 e. The largest absolute Gasteiger partial charge is 0.454 e. The number of aromatic nitrogens is 4. The van der Waals surface area contributed by atoms with Gasteiger partial charge in [-0.2, -0.15) is 4.68 Å². The number of hydrogen-bond donors (Lipinski definition) is 0. The number of Topliss-reactive ketones (excluding diaryl/α,β-unsaturated/α-hetero) is 1. The van der Waals surface area contributed by atoms with Crippen molar-refractivity contribution in [3.05, 3.63) is 70.0 Å². The van der Waals surface area contributed by atoms with Crippen molar-refractivity contribution in [1.82, 2.24) is 20.2 Å². The molecular formula is C16H10Cl2N4O3. The first-order valence-corrected chi connectivity index (χ1v) is 7.79. The molecule has 7 nitrogen and oxygen atoms in total. The van der Waals surface area contributed by atoms with E-state index < -0.39 is 18.4 Å². The highest BCUT2D eigenvalue weighted by atomic mass is 35.5. The normalized spacial score (nSPS) is 10.5. The van der Waals surface area contributed by atoms with Gasteiger partial charge in [0.1, 0.15) is 6.33 Å². The first-order chi connectivity index (χ1) is 12.1. The van der Waals surface area contributed by atoms with Gasteiger partial charge in [-0.05, 0) is 40.8 Å². The number of esters is 1. The van der Waals surface area contributed by atoms with Gasteiger partial charge in [-0.15, -0.1) is 5.10 Å². The van der Waals surface area contributed by atoms with Crippen LogP contribution in [-0.4, -0.2) is 38.6 Å². The second-order valence-electron chi connectivity index (χ2n) is 4.90. The number of halogens is 2. The summed E-state index contributed by atoms with van der Waals surface area (Å²) in [7, 11) is 0. The predicted molar refractivity (Wildman–Crippen MR) is 90.2 cm³/mol. The van der Waals surface area contributed by atoms with E-state index in [0.29, 0.717) is 16.3 Å². The number of carbonyl (C=O) groups is 2. The Kier molecular flexibility index (Phi) is 5.06. The Hall–Kier alpha value is -2.77. The third kappa shape index (κ3) is 3.84. The van der Waals surface area contributed by atoms with Crippen LogP contribution in [0, 0.1) is 0 Å². The molecule has 0 atom stereocenters. The van der Waals surface area contributed by atoms with Gasteiger partial charge in [0, 0.05) is 5.56 Å². The summed E-state index contributed by atoms with van der Waals surface area (Å²) in [6.07, 6.45) is 1.35. The third-order valence-corrected chi connectivity index (χ3v) is 4.03. The van der Waals surface area contributed by atoms with Gasteiger partial charge in [-0.25, -0.2) is 4.79 Å². The molecule has 0 saturated heterocycles. The van der Waals surface area contributed by atoms with E-state index >= 15 is 0 Å². The van der Waals surface area contributed by atoms with Crippen molar-refractivity contribution in [3.63, 3.8) is 0 Å². The van der Waals surface area contributed by atoms with Gasteiger partial charge in [0.25, 0.3) is 0 Å². The van der Waals surface area contributed by atoms with Crippen LogP contribution >= 0.6 is 23.2 Å². The van der Waals surface area contributed by atoms with E-state index in [9.17, 15) is 9.59 Å². The minimum absolute atomic E-state index is 0.233. The summed E-state index contributed by atoms with van der Waals surface area (Å²) in [5.41, 5.74) is 0.979. The summed E-state index contributed by atoms with van der Waals surface area (Å²) in [6.45, 7) is -0.430. The highest BCUT2D eigenvalue weighted by Gasteiger charge is 2.17. The molecular weight excluding hydrogens is 367 g/mol. The molecule has 0 aliphatic rings. The maximum atomic E-state index is 12.3. The van der Waals surface area contributed by atoms with E-state index in [1.54, 1.807) is 24.3 Å². The zero-order valence-corrected chi connectivity index (χ0v) is 14.1. The summed E-state index contributed by atoms with van der Waals surface area (Å²) >= 11 is 11.7. The van der Waals surface area contributed by atoms with Crippen molar-refractivity contribution in [1.29, 1.82) is 0 Å². The lowest BCUT2D eigenvalue weighted by atomic mass is 10.1. The van der Waals surface area contributed by atoms with Gasteiger partial charge in [0.15, 0.2) is 12.4 Å². The topological polar surface area (TPSA) is 87.0 Å². The van der Waals surface area contributed by atoms with E-state index in [2.05, 4.69) is 15.5 Å². The van der Waals surface area contributed by atoms with E-state index in [1.807, 2.05) is 0 Å². The predicted octanol–water partition coefficient (Wildman–Crippen LogP) is 3.01. The molecule has 1 heterocycles.